The lowest BCUT2D eigenvalue weighted by molar-refractivity contribution is 0.268. The zero-order valence-electron chi connectivity index (χ0n) is 34.1. The monoisotopic (exact) mass is 786 g/mol. The summed E-state index contributed by atoms with van der Waals surface area (Å²) < 4.78 is 12.9. The van der Waals surface area contributed by atoms with E-state index in [9.17, 15) is 0 Å². The Kier molecular flexibility index (Phi) is 7.42. The molecule has 0 spiro atoms. The van der Waals surface area contributed by atoms with E-state index in [2.05, 4.69) is 200 Å². The van der Waals surface area contributed by atoms with Crippen molar-refractivity contribution in [3.05, 3.63) is 215 Å². The molecule has 13 rings (SSSR count). The topological polar surface area (TPSA) is 28.9 Å². The van der Waals surface area contributed by atoms with Gasteiger partial charge in [-0.25, -0.2) is 0 Å². The molecular weight excluding hydrogens is 745 g/mol. The fourth-order valence-corrected chi connectivity index (χ4v) is 10.4. The second kappa shape index (κ2) is 13.1. The maximum Gasteiger partial charge on any atom is 0.135 e. The number of hydrogen-bond acceptors (Lipinski definition) is 4. The van der Waals surface area contributed by atoms with Crippen molar-refractivity contribution in [2.24, 2.45) is 5.92 Å². The summed E-state index contributed by atoms with van der Waals surface area (Å²) in [7, 11) is 0. The maximum absolute atomic E-state index is 6.49. The molecule has 292 valence electrons. The smallest absolute Gasteiger partial charge is 0.135 e. The van der Waals surface area contributed by atoms with Crippen molar-refractivity contribution in [3.63, 3.8) is 0 Å². The summed E-state index contributed by atoms with van der Waals surface area (Å²) in [4.78, 5) is 4.96. The van der Waals surface area contributed by atoms with Crippen LogP contribution in [0.3, 0.4) is 0 Å². The molecule has 0 amide bonds. The molecule has 5 aliphatic rings. The molecule has 3 atom stereocenters. The molecule has 0 fully saturated rings. The van der Waals surface area contributed by atoms with Crippen molar-refractivity contribution in [2.45, 2.75) is 38.7 Å². The van der Waals surface area contributed by atoms with Gasteiger partial charge in [-0.15, -0.1) is 0 Å². The quantitative estimate of drug-likeness (QED) is 0.157. The number of benzene rings is 7. The molecule has 4 nitrogen and oxygen atoms in total. The highest BCUT2D eigenvalue weighted by molar-refractivity contribution is 6.24. The van der Waals surface area contributed by atoms with E-state index < -0.39 is 0 Å². The number of para-hydroxylation sites is 1. The van der Waals surface area contributed by atoms with Crippen LogP contribution < -0.4 is 14.5 Å². The van der Waals surface area contributed by atoms with Gasteiger partial charge in [0.1, 0.15) is 23.2 Å². The molecule has 2 unspecified atom stereocenters. The molecule has 0 N–H and O–H groups in total. The van der Waals surface area contributed by atoms with Gasteiger partial charge in [0.2, 0.25) is 0 Å². The van der Waals surface area contributed by atoms with Crippen LogP contribution in [-0.2, 0) is 6.42 Å². The Morgan fingerprint density at radius 1 is 0.607 bits per heavy atom. The van der Waals surface area contributed by atoms with Gasteiger partial charge in [0.05, 0.1) is 11.4 Å². The molecule has 0 radical (unpaired) electrons. The summed E-state index contributed by atoms with van der Waals surface area (Å²) in [5.74, 6) is 2.58. The average Bonchev–Trinajstić information content (AvgIpc) is 3.90. The minimum absolute atomic E-state index is 0.0148. The van der Waals surface area contributed by atoms with Crippen LogP contribution in [0.1, 0.15) is 41.7 Å². The maximum atomic E-state index is 6.49. The van der Waals surface area contributed by atoms with Crippen molar-refractivity contribution in [2.75, 3.05) is 9.80 Å². The van der Waals surface area contributed by atoms with E-state index in [0.29, 0.717) is 5.92 Å². The van der Waals surface area contributed by atoms with Gasteiger partial charge >= 0.3 is 0 Å². The minimum atomic E-state index is -0.0148. The molecular formula is C57H42N2O2. The van der Waals surface area contributed by atoms with Crippen molar-refractivity contribution in [3.8, 4) is 5.75 Å². The van der Waals surface area contributed by atoms with Gasteiger partial charge in [0, 0.05) is 68.3 Å². The third kappa shape index (κ3) is 5.38. The third-order valence-corrected chi connectivity index (χ3v) is 13.4. The average molecular weight is 787 g/mol. The Balaban J connectivity index is 1.05. The van der Waals surface area contributed by atoms with Gasteiger partial charge in [-0.1, -0.05) is 114 Å². The molecule has 0 saturated carbocycles. The standard InChI is InChI=1S/C57H42N2O2/c1-34-19-23-54-47(27-34)49-30-38(21-25-56(49)60-54)58(37-12-4-3-5-13-37)52-32-45-41-15-7-9-17-43(41)53(33-46(45)40-14-6-8-16-42(40)52)59(51-18-10-11-36-29-44(36)51)39-22-26-57-50(31-39)48-28-35(2)20-24-55(48)61-57/h3-18,20-22,24-33,36,50,57H,19,23H2,1-2H3/t36-,50?,57?/m0/s1. The summed E-state index contributed by atoms with van der Waals surface area (Å²) in [5.41, 5.74) is 14.3. The number of allylic oxidation sites excluding steroid dienone is 7. The van der Waals surface area contributed by atoms with E-state index >= 15 is 0 Å². The van der Waals surface area contributed by atoms with E-state index in [-0.39, 0.29) is 12.0 Å². The van der Waals surface area contributed by atoms with Gasteiger partial charge in [-0.05, 0) is 120 Å². The summed E-state index contributed by atoms with van der Waals surface area (Å²) in [6, 6.07) is 46.9. The summed E-state index contributed by atoms with van der Waals surface area (Å²) in [6.07, 6.45) is 20.5. The van der Waals surface area contributed by atoms with E-state index in [0.717, 1.165) is 58.1 Å². The molecule has 4 aliphatic carbocycles. The summed E-state index contributed by atoms with van der Waals surface area (Å²) >= 11 is 0. The number of rotatable bonds is 6. The van der Waals surface area contributed by atoms with E-state index in [1.165, 1.54) is 71.5 Å². The fraction of sp³-hybridized carbons (Fsp3) is 0.123. The van der Waals surface area contributed by atoms with E-state index in [4.69, 9.17) is 9.15 Å². The minimum Gasteiger partial charge on any atom is -0.485 e. The number of furan rings is 1. The van der Waals surface area contributed by atoms with Gasteiger partial charge in [0.15, 0.2) is 0 Å². The molecule has 7 aromatic carbocycles. The van der Waals surface area contributed by atoms with Crippen molar-refractivity contribution < 1.29 is 9.15 Å². The molecule has 1 aliphatic heterocycles. The van der Waals surface area contributed by atoms with Crippen molar-refractivity contribution in [1.29, 1.82) is 0 Å². The lowest BCUT2D eigenvalue weighted by Gasteiger charge is -2.33. The van der Waals surface area contributed by atoms with E-state index in [1.807, 2.05) is 0 Å². The Morgan fingerprint density at radius 2 is 1.34 bits per heavy atom. The summed E-state index contributed by atoms with van der Waals surface area (Å²) in [6.45, 7) is 4.39. The SMILES string of the molecule is CC1=Cc2c(oc3ccc(N(c4ccccc4)c4cc5c6ccccc6c(N(C6=CC7c8cc(C)ccc8OC7C=C6)C6=CC=C[C@H]7C=C67)cc5c5ccccc45)cc23)CC1. The van der Waals surface area contributed by atoms with Crippen LogP contribution in [0.25, 0.3) is 49.4 Å². The predicted molar refractivity (Wildman–Crippen MR) is 252 cm³/mol. The normalized spacial score (nSPS) is 19.4. The van der Waals surface area contributed by atoms with Crippen LogP contribution in [0.5, 0.6) is 5.75 Å². The lowest BCUT2D eigenvalue weighted by Crippen LogP contribution is -2.27. The second-order valence-corrected chi connectivity index (χ2v) is 17.3. The predicted octanol–water partition coefficient (Wildman–Crippen LogP) is 14.8. The van der Waals surface area contributed by atoms with Crippen LogP contribution in [0.15, 0.2) is 197 Å². The number of ether oxygens (including phenoxy) is 1. The molecule has 4 heteroatoms. The third-order valence-electron chi connectivity index (χ3n) is 13.4. The first-order valence-electron chi connectivity index (χ1n) is 21.6. The van der Waals surface area contributed by atoms with Gasteiger partial charge < -0.3 is 19.0 Å². The van der Waals surface area contributed by atoms with Crippen LogP contribution >= 0.6 is 0 Å². The number of aryl methyl sites for hydroxylation is 2. The molecule has 1 aromatic heterocycles. The molecule has 61 heavy (non-hydrogen) atoms. The number of fused-ring (bicyclic) bond motifs is 12. The number of hydrogen-bond donors (Lipinski definition) is 0. The second-order valence-electron chi connectivity index (χ2n) is 17.3. The van der Waals surface area contributed by atoms with Gasteiger partial charge in [-0.2, -0.15) is 0 Å². The van der Waals surface area contributed by atoms with Crippen LogP contribution in [-0.4, -0.2) is 6.10 Å². The highest BCUT2D eigenvalue weighted by Gasteiger charge is 2.38. The Labute approximate surface area is 355 Å². The zero-order valence-corrected chi connectivity index (χ0v) is 34.1. The Morgan fingerprint density at radius 3 is 2.13 bits per heavy atom. The highest BCUT2D eigenvalue weighted by Crippen LogP contribution is 2.51. The van der Waals surface area contributed by atoms with E-state index in [1.54, 1.807) is 0 Å². The molecule has 8 aromatic rings. The van der Waals surface area contributed by atoms with Crippen LogP contribution in [0.2, 0.25) is 0 Å². The van der Waals surface area contributed by atoms with Gasteiger partial charge in [0.25, 0.3) is 0 Å². The largest absolute Gasteiger partial charge is 0.485 e. The molecule has 0 bridgehead atoms. The number of anilines is 4. The lowest BCUT2D eigenvalue weighted by atomic mass is 9.89. The van der Waals surface area contributed by atoms with Crippen molar-refractivity contribution >= 4 is 72.1 Å². The highest BCUT2D eigenvalue weighted by atomic mass is 16.5. The van der Waals surface area contributed by atoms with Crippen molar-refractivity contribution in [1.82, 2.24) is 0 Å². The van der Waals surface area contributed by atoms with Crippen LogP contribution in [0, 0.1) is 12.8 Å². The molecule has 2 heterocycles. The Bertz CT molecular complexity index is 3390. The molecule has 0 saturated heterocycles. The first-order valence-corrected chi connectivity index (χ1v) is 21.6. The first kappa shape index (κ1) is 34.6. The number of nitrogens with zero attached hydrogens (tertiary/aromatic N) is 2. The fourth-order valence-electron chi connectivity index (χ4n) is 10.4. The van der Waals surface area contributed by atoms with Gasteiger partial charge in [-0.3, -0.25) is 0 Å². The first-order chi connectivity index (χ1) is 30.0. The zero-order chi connectivity index (χ0) is 40.3. The Hall–Kier alpha value is -7.30. The van der Waals surface area contributed by atoms with Crippen LogP contribution in [0.4, 0.5) is 22.7 Å². The summed E-state index contributed by atoms with van der Waals surface area (Å²) in [5, 5.41) is 8.44.